The average molecular weight is 356 g/mol. The van der Waals surface area contributed by atoms with Gasteiger partial charge in [-0.2, -0.15) is 0 Å². The van der Waals surface area contributed by atoms with Crippen molar-refractivity contribution in [3.05, 3.63) is 34.4 Å². The van der Waals surface area contributed by atoms with Gasteiger partial charge in [0, 0.05) is 50.8 Å². The Morgan fingerprint density at radius 2 is 2.08 bits per heavy atom. The molecule has 10 heteroatoms. The van der Waals surface area contributed by atoms with Crippen LogP contribution < -0.4 is 10.0 Å². The lowest BCUT2D eigenvalue weighted by molar-refractivity contribution is -0.384. The monoisotopic (exact) mass is 356 g/mol. The lowest BCUT2D eigenvalue weighted by atomic mass is 10.2. The molecule has 132 valence electrons. The van der Waals surface area contributed by atoms with Gasteiger partial charge in [0.05, 0.1) is 9.82 Å². The molecule has 0 spiro atoms. The fraction of sp³-hybridized carbons (Fsp3) is 0.500. The molecule has 1 amide bonds. The Labute approximate surface area is 140 Å². The van der Waals surface area contributed by atoms with Crippen LogP contribution in [0.4, 0.5) is 5.69 Å². The third-order valence-corrected chi connectivity index (χ3v) is 5.29. The molecule has 1 aliphatic rings. The topological polar surface area (TPSA) is 122 Å². The maximum atomic E-state index is 12.1. The fourth-order valence-electron chi connectivity index (χ4n) is 2.48. The van der Waals surface area contributed by atoms with Crippen molar-refractivity contribution in [1.82, 2.24) is 14.9 Å². The summed E-state index contributed by atoms with van der Waals surface area (Å²) in [5.74, 6) is -0.101. The largest absolute Gasteiger partial charge is 0.337 e. The highest BCUT2D eigenvalue weighted by molar-refractivity contribution is 7.89. The van der Waals surface area contributed by atoms with E-state index in [1.165, 1.54) is 12.1 Å². The highest BCUT2D eigenvalue weighted by Gasteiger charge is 2.23. The van der Waals surface area contributed by atoms with Crippen LogP contribution in [0.1, 0.15) is 13.3 Å². The smallest absolute Gasteiger partial charge is 0.269 e. The van der Waals surface area contributed by atoms with E-state index in [2.05, 4.69) is 10.0 Å². The van der Waals surface area contributed by atoms with E-state index < -0.39 is 14.9 Å². The highest BCUT2D eigenvalue weighted by atomic mass is 32.2. The lowest BCUT2D eigenvalue weighted by Gasteiger charge is -2.34. The van der Waals surface area contributed by atoms with E-state index in [0.29, 0.717) is 6.54 Å². The molecule has 1 aliphatic heterocycles. The van der Waals surface area contributed by atoms with Crippen LogP contribution in [0.2, 0.25) is 0 Å². The van der Waals surface area contributed by atoms with Crippen molar-refractivity contribution in [2.45, 2.75) is 24.3 Å². The molecule has 2 N–H and O–H groups in total. The zero-order chi connectivity index (χ0) is 17.7. The van der Waals surface area contributed by atoms with Gasteiger partial charge in [-0.25, -0.2) is 13.1 Å². The number of amides is 1. The Morgan fingerprint density at radius 1 is 1.42 bits per heavy atom. The van der Waals surface area contributed by atoms with E-state index in [1.54, 1.807) is 4.90 Å². The van der Waals surface area contributed by atoms with Crippen molar-refractivity contribution in [3.8, 4) is 0 Å². The molecular weight excluding hydrogens is 336 g/mol. The minimum atomic E-state index is -3.80. The van der Waals surface area contributed by atoms with Crippen LogP contribution >= 0.6 is 0 Å². The molecule has 24 heavy (non-hydrogen) atoms. The number of rotatable bonds is 6. The maximum Gasteiger partial charge on any atom is 0.269 e. The molecule has 2 rings (SSSR count). The van der Waals surface area contributed by atoms with Gasteiger partial charge in [0.2, 0.25) is 15.9 Å². The second-order valence-electron chi connectivity index (χ2n) is 5.54. The summed E-state index contributed by atoms with van der Waals surface area (Å²) in [6.07, 6.45) is 0.0660. The summed E-state index contributed by atoms with van der Waals surface area (Å²) in [4.78, 5) is 23.8. The van der Waals surface area contributed by atoms with Crippen LogP contribution in [-0.4, -0.2) is 56.4 Å². The van der Waals surface area contributed by atoms with Gasteiger partial charge in [-0.15, -0.1) is 0 Å². The first kappa shape index (κ1) is 18.3. The molecule has 0 unspecified atom stereocenters. The zero-order valence-electron chi connectivity index (χ0n) is 13.3. The SMILES string of the molecule is C[C@@H]1CNCCN1C(=O)CCNS(=O)(=O)c1ccc([N+](=O)[O-])cc1. The number of nitro benzene ring substituents is 1. The molecule has 0 bridgehead atoms. The average Bonchev–Trinajstić information content (AvgIpc) is 2.55. The van der Waals surface area contributed by atoms with Crippen molar-refractivity contribution in [1.29, 1.82) is 0 Å². The zero-order valence-corrected chi connectivity index (χ0v) is 14.1. The fourth-order valence-corrected chi connectivity index (χ4v) is 3.51. The number of nitro groups is 1. The number of carbonyl (C=O) groups is 1. The minimum Gasteiger partial charge on any atom is -0.337 e. The molecule has 1 fully saturated rings. The van der Waals surface area contributed by atoms with Gasteiger partial charge in [0.15, 0.2) is 0 Å². The number of hydrogen-bond acceptors (Lipinski definition) is 6. The molecular formula is C14H20N4O5S. The van der Waals surface area contributed by atoms with E-state index in [4.69, 9.17) is 0 Å². The highest BCUT2D eigenvalue weighted by Crippen LogP contribution is 2.15. The molecule has 0 radical (unpaired) electrons. The van der Waals surface area contributed by atoms with Crippen molar-refractivity contribution >= 4 is 21.6 Å². The first-order valence-corrected chi connectivity index (χ1v) is 9.04. The summed E-state index contributed by atoms with van der Waals surface area (Å²) in [5.41, 5.74) is -0.183. The van der Waals surface area contributed by atoms with Gasteiger partial charge in [-0.1, -0.05) is 0 Å². The molecule has 0 saturated carbocycles. The number of benzene rings is 1. The number of carbonyl (C=O) groups excluding carboxylic acids is 1. The number of piperazine rings is 1. The maximum absolute atomic E-state index is 12.1. The summed E-state index contributed by atoms with van der Waals surface area (Å²) in [6.45, 7) is 3.97. The van der Waals surface area contributed by atoms with Crippen LogP contribution in [0.5, 0.6) is 0 Å². The standard InChI is InChI=1S/C14H20N4O5S/c1-11-10-15-8-9-17(11)14(19)6-7-16-24(22,23)13-4-2-12(3-5-13)18(20)21/h2-5,11,15-16H,6-10H2,1H3/t11-/m1/s1. The summed E-state index contributed by atoms with van der Waals surface area (Å²) in [7, 11) is -3.80. The first-order chi connectivity index (χ1) is 11.3. The second kappa shape index (κ2) is 7.69. The van der Waals surface area contributed by atoms with E-state index in [9.17, 15) is 23.3 Å². The molecule has 1 heterocycles. The third-order valence-electron chi connectivity index (χ3n) is 3.81. The molecule has 1 aromatic carbocycles. The molecule has 0 aliphatic carbocycles. The number of non-ortho nitro benzene ring substituents is 1. The van der Waals surface area contributed by atoms with Crippen LogP contribution in [0.15, 0.2) is 29.2 Å². The Kier molecular flexibility index (Phi) is 5.86. The molecule has 1 aromatic rings. The molecule has 1 saturated heterocycles. The predicted molar refractivity (Wildman–Crippen MR) is 86.9 cm³/mol. The van der Waals surface area contributed by atoms with Crippen molar-refractivity contribution in [2.24, 2.45) is 0 Å². The quantitative estimate of drug-likeness (QED) is 0.550. The van der Waals surface area contributed by atoms with E-state index in [-0.39, 0.29) is 35.5 Å². The summed E-state index contributed by atoms with van der Waals surface area (Å²) < 4.78 is 26.6. The van der Waals surface area contributed by atoms with E-state index in [1.807, 2.05) is 6.92 Å². The predicted octanol–water partition coefficient (Wildman–Crippen LogP) is 0.0835. The van der Waals surface area contributed by atoms with Crippen LogP contribution in [0.3, 0.4) is 0 Å². The second-order valence-corrected chi connectivity index (χ2v) is 7.31. The Hall–Kier alpha value is -2.04. The summed E-state index contributed by atoms with van der Waals surface area (Å²) >= 11 is 0. The van der Waals surface area contributed by atoms with Crippen molar-refractivity contribution in [2.75, 3.05) is 26.2 Å². The van der Waals surface area contributed by atoms with Gasteiger partial charge in [-0.05, 0) is 19.1 Å². The van der Waals surface area contributed by atoms with Crippen molar-refractivity contribution < 1.29 is 18.1 Å². The minimum absolute atomic E-state index is 0.0190. The number of nitrogens with zero attached hydrogens (tertiary/aromatic N) is 2. The summed E-state index contributed by atoms with van der Waals surface area (Å²) in [6, 6.07) is 4.67. The summed E-state index contributed by atoms with van der Waals surface area (Å²) in [5, 5.41) is 13.8. The van der Waals surface area contributed by atoms with Crippen LogP contribution in [0, 0.1) is 10.1 Å². The van der Waals surface area contributed by atoms with Gasteiger partial charge in [-0.3, -0.25) is 14.9 Å². The third kappa shape index (κ3) is 4.49. The molecule has 1 atom stereocenters. The number of nitrogens with one attached hydrogen (secondary N) is 2. The molecule has 0 aromatic heterocycles. The van der Waals surface area contributed by atoms with Crippen LogP contribution in [-0.2, 0) is 14.8 Å². The van der Waals surface area contributed by atoms with E-state index >= 15 is 0 Å². The first-order valence-electron chi connectivity index (χ1n) is 7.55. The van der Waals surface area contributed by atoms with Crippen molar-refractivity contribution in [3.63, 3.8) is 0 Å². The molecule has 9 nitrogen and oxygen atoms in total. The number of hydrogen-bond donors (Lipinski definition) is 2. The van der Waals surface area contributed by atoms with E-state index in [0.717, 1.165) is 25.2 Å². The van der Waals surface area contributed by atoms with Gasteiger partial charge >= 0.3 is 0 Å². The Balaban J connectivity index is 1.90. The lowest BCUT2D eigenvalue weighted by Crippen LogP contribution is -2.52. The Bertz CT molecular complexity index is 704. The van der Waals surface area contributed by atoms with Gasteiger partial charge in [0.1, 0.15) is 0 Å². The Morgan fingerprint density at radius 3 is 2.67 bits per heavy atom. The normalized spacial score (nSPS) is 18.4. The van der Waals surface area contributed by atoms with Gasteiger partial charge in [0.25, 0.3) is 5.69 Å². The van der Waals surface area contributed by atoms with Gasteiger partial charge < -0.3 is 10.2 Å². The van der Waals surface area contributed by atoms with Crippen LogP contribution in [0.25, 0.3) is 0 Å². The number of sulfonamides is 1.